The summed E-state index contributed by atoms with van der Waals surface area (Å²) in [5.41, 5.74) is 1.51. The van der Waals surface area contributed by atoms with Gasteiger partial charge in [0.15, 0.2) is 0 Å². The quantitative estimate of drug-likeness (QED) is 0.929. The number of rotatable bonds is 3. The lowest BCUT2D eigenvalue weighted by Gasteiger charge is -2.11. The van der Waals surface area contributed by atoms with Crippen LogP contribution in [0, 0.1) is 13.8 Å². The van der Waals surface area contributed by atoms with Gasteiger partial charge in [0, 0.05) is 11.0 Å². The summed E-state index contributed by atoms with van der Waals surface area (Å²) in [6.45, 7) is 5.75. The molecule has 0 amide bonds. The topological polar surface area (TPSA) is 46.2 Å². The molecule has 0 bridgehead atoms. The van der Waals surface area contributed by atoms with Gasteiger partial charge in [-0.1, -0.05) is 22.9 Å². The Morgan fingerprint density at radius 2 is 1.73 bits per heavy atom. The molecule has 0 fully saturated rings. The Hall–Kier alpha value is -0.390. The molecule has 0 aliphatic carbocycles. The summed E-state index contributed by atoms with van der Waals surface area (Å²) >= 11 is 3.34. The second kappa shape index (κ2) is 4.63. The molecule has 0 aliphatic rings. The first-order valence-corrected chi connectivity index (χ1v) is 6.92. The minimum Gasteiger partial charge on any atom is -0.211 e. The van der Waals surface area contributed by atoms with E-state index in [0.29, 0.717) is 11.4 Å². The molecule has 0 heterocycles. The summed E-state index contributed by atoms with van der Waals surface area (Å²) in [5.74, 6) is 0. The van der Waals surface area contributed by atoms with Crippen molar-refractivity contribution in [1.82, 2.24) is 4.72 Å². The molecular weight excluding hydrogens is 278 g/mol. The van der Waals surface area contributed by atoms with Gasteiger partial charge in [-0.3, -0.25) is 0 Å². The van der Waals surface area contributed by atoms with E-state index in [1.807, 2.05) is 0 Å². The van der Waals surface area contributed by atoms with Crippen LogP contribution in [0.25, 0.3) is 0 Å². The van der Waals surface area contributed by atoms with Crippen molar-refractivity contribution in [2.45, 2.75) is 25.7 Å². The van der Waals surface area contributed by atoms with Gasteiger partial charge in [-0.2, -0.15) is 0 Å². The monoisotopic (exact) mass is 291 g/mol. The number of hydrogen-bond acceptors (Lipinski definition) is 2. The normalized spacial score (nSPS) is 11.7. The zero-order valence-corrected chi connectivity index (χ0v) is 11.4. The van der Waals surface area contributed by atoms with Crippen molar-refractivity contribution < 1.29 is 8.42 Å². The highest BCUT2D eigenvalue weighted by Crippen LogP contribution is 2.24. The van der Waals surface area contributed by atoms with Crippen LogP contribution in [0.4, 0.5) is 0 Å². The van der Waals surface area contributed by atoms with Crippen LogP contribution in [0.2, 0.25) is 0 Å². The van der Waals surface area contributed by atoms with E-state index in [-0.39, 0.29) is 0 Å². The highest BCUT2D eigenvalue weighted by Gasteiger charge is 2.18. The summed E-state index contributed by atoms with van der Waals surface area (Å²) in [5, 5.41) is 0. The minimum atomic E-state index is -3.36. The molecule has 0 atom stereocenters. The van der Waals surface area contributed by atoms with Crippen LogP contribution in [-0.2, 0) is 10.0 Å². The van der Waals surface area contributed by atoms with E-state index in [1.54, 1.807) is 32.9 Å². The number of halogens is 1. The Kier molecular flexibility index (Phi) is 3.92. The molecule has 84 valence electrons. The maximum atomic E-state index is 11.9. The molecule has 0 unspecified atom stereocenters. The van der Waals surface area contributed by atoms with Crippen LogP contribution in [0.3, 0.4) is 0 Å². The largest absolute Gasteiger partial charge is 0.241 e. The highest BCUT2D eigenvalue weighted by atomic mass is 79.9. The average molecular weight is 292 g/mol. The number of aryl methyl sites for hydroxylation is 2. The van der Waals surface area contributed by atoms with Gasteiger partial charge in [-0.05, 0) is 37.1 Å². The van der Waals surface area contributed by atoms with Gasteiger partial charge in [0.1, 0.15) is 0 Å². The van der Waals surface area contributed by atoms with Crippen LogP contribution < -0.4 is 4.72 Å². The van der Waals surface area contributed by atoms with Crippen molar-refractivity contribution >= 4 is 26.0 Å². The molecule has 0 spiro atoms. The Bertz CT molecular complexity index is 445. The second-order valence-electron chi connectivity index (χ2n) is 3.37. The van der Waals surface area contributed by atoms with E-state index in [0.717, 1.165) is 15.6 Å². The van der Waals surface area contributed by atoms with Gasteiger partial charge in [0.25, 0.3) is 0 Å². The van der Waals surface area contributed by atoms with E-state index in [1.165, 1.54) is 0 Å². The first kappa shape index (κ1) is 12.7. The van der Waals surface area contributed by atoms with Crippen molar-refractivity contribution in [2.24, 2.45) is 0 Å². The maximum Gasteiger partial charge on any atom is 0.241 e. The molecule has 0 aromatic heterocycles. The molecule has 0 saturated carbocycles. The number of benzene rings is 1. The summed E-state index contributed by atoms with van der Waals surface area (Å²) in [4.78, 5) is 0.382. The average Bonchev–Trinajstić information content (AvgIpc) is 1.99. The lowest BCUT2D eigenvalue weighted by atomic mass is 10.2. The van der Waals surface area contributed by atoms with Crippen LogP contribution in [0.1, 0.15) is 18.1 Å². The molecule has 0 aliphatic heterocycles. The van der Waals surface area contributed by atoms with Gasteiger partial charge < -0.3 is 0 Å². The molecule has 15 heavy (non-hydrogen) atoms. The van der Waals surface area contributed by atoms with Crippen molar-refractivity contribution in [3.63, 3.8) is 0 Å². The summed E-state index contributed by atoms with van der Waals surface area (Å²) in [7, 11) is -3.36. The third-order valence-corrected chi connectivity index (χ3v) is 4.34. The third-order valence-electron chi connectivity index (χ3n) is 2.03. The van der Waals surface area contributed by atoms with Gasteiger partial charge >= 0.3 is 0 Å². The SMILES string of the molecule is CCNS(=O)(=O)c1c(C)cc(Br)cc1C. The van der Waals surface area contributed by atoms with Gasteiger partial charge in [-0.15, -0.1) is 0 Å². The fraction of sp³-hybridized carbons (Fsp3) is 0.400. The molecule has 1 rings (SSSR count). The lowest BCUT2D eigenvalue weighted by molar-refractivity contribution is 0.582. The molecule has 3 nitrogen and oxygen atoms in total. The zero-order chi connectivity index (χ0) is 11.6. The van der Waals surface area contributed by atoms with Crippen LogP contribution in [-0.4, -0.2) is 15.0 Å². The van der Waals surface area contributed by atoms with Crippen molar-refractivity contribution in [3.05, 3.63) is 27.7 Å². The van der Waals surface area contributed by atoms with Gasteiger partial charge in [0.2, 0.25) is 10.0 Å². The second-order valence-corrected chi connectivity index (χ2v) is 5.99. The van der Waals surface area contributed by atoms with Crippen LogP contribution in [0.5, 0.6) is 0 Å². The first-order chi connectivity index (χ1) is 6.88. The first-order valence-electron chi connectivity index (χ1n) is 4.65. The van der Waals surface area contributed by atoms with E-state index in [2.05, 4.69) is 20.7 Å². The van der Waals surface area contributed by atoms with E-state index >= 15 is 0 Å². The molecular formula is C10H14BrNO2S. The standard InChI is InChI=1S/C10H14BrNO2S/c1-4-12-15(13,14)10-7(2)5-9(11)6-8(10)3/h5-6,12H,4H2,1-3H3. The maximum absolute atomic E-state index is 11.9. The Morgan fingerprint density at radius 1 is 1.27 bits per heavy atom. The molecule has 0 saturated heterocycles. The fourth-order valence-electron chi connectivity index (χ4n) is 1.58. The summed E-state index contributed by atoms with van der Waals surface area (Å²) in [6.07, 6.45) is 0. The highest BCUT2D eigenvalue weighted by molar-refractivity contribution is 9.10. The zero-order valence-electron chi connectivity index (χ0n) is 8.96. The molecule has 1 N–H and O–H groups in total. The van der Waals surface area contributed by atoms with E-state index < -0.39 is 10.0 Å². The third kappa shape index (κ3) is 2.80. The number of sulfonamides is 1. The van der Waals surface area contributed by atoms with Crippen molar-refractivity contribution in [3.8, 4) is 0 Å². The Morgan fingerprint density at radius 3 is 2.13 bits per heavy atom. The van der Waals surface area contributed by atoms with E-state index in [9.17, 15) is 8.42 Å². The van der Waals surface area contributed by atoms with Crippen LogP contribution in [0.15, 0.2) is 21.5 Å². The molecule has 1 aromatic carbocycles. The molecule has 5 heteroatoms. The minimum absolute atomic E-state index is 0.382. The summed E-state index contributed by atoms with van der Waals surface area (Å²) in [6, 6.07) is 3.61. The lowest BCUT2D eigenvalue weighted by Crippen LogP contribution is -2.24. The van der Waals surface area contributed by atoms with Gasteiger partial charge in [-0.25, -0.2) is 13.1 Å². The molecule has 0 radical (unpaired) electrons. The smallest absolute Gasteiger partial charge is 0.211 e. The predicted octanol–water partition coefficient (Wildman–Crippen LogP) is 2.36. The predicted molar refractivity (Wildman–Crippen MR) is 64.5 cm³/mol. The number of nitrogens with one attached hydrogen (secondary N) is 1. The van der Waals surface area contributed by atoms with Gasteiger partial charge in [0.05, 0.1) is 4.90 Å². The Balaban J connectivity index is 3.38. The Labute approximate surface area is 99.1 Å². The fourth-order valence-corrected chi connectivity index (χ4v) is 3.76. The molecule has 1 aromatic rings. The number of hydrogen-bond donors (Lipinski definition) is 1. The van der Waals surface area contributed by atoms with Crippen LogP contribution >= 0.6 is 15.9 Å². The van der Waals surface area contributed by atoms with Crippen molar-refractivity contribution in [2.75, 3.05) is 6.54 Å². The van der Waals surface area contributed by atoms with E-state index in [4.69, 9.17) is 0 Å². The summed E-state index contributed by atoms with van der Waals surface area (Å²) < 4.78 is 27.1. The van der Waals surface area contributed by atoms with Crippen molar-refractivity contribution in [1.29, 1.82) is 0 Å².